The molecule has 8 heteroatoms. The second kappa shape index (κ2) is 8.36. The van der Waals surface area contributed by atoms with Gasteiger partial charge < -0.3 is 19.8 Å². The van der Waals surface area contributed by atoms with Gasteiger partial charge in [0.05, 0.1) is 17.3 Å². The lowest BCUT2D eigenvalue weighted by Crippen LogP contribution is -2.51. The Morgan fingerprint density at radius 2 is 2.00 bits per heavy atom. The van der Waals surface area contributed by atoms with Crippen LogP contribution in [0.15, 0.2) is 53.1 Å². The van der Waals surface area contributed by atoms with Crippen LogP contribution in [0.4, 0.5) is 0 Å². The number of hydrogen-bond donors (Lipinski definition) is 1. The molecular weight excluding hydrogens is 386 g/mol. The molecule has 0 unspecified atom stereocenters. The molecule has 2 N–H and O–H groups in total. The SMILES string of the molecule is NC(=O)[C@@H]1CCCCN1C(=O)COC(=O)c1cc(-c2ccco2)nc2ccccc12. The number of hydrogen-bond acceptors (Lipinski definition) is 6. The van der Waals surface area contributed by atoms with Gasteiger partial charge in [-0.25, -0.2) is 9.78 Å². The van der Waals surface area contributed by atoms with E-state index in [0.29, 0.717) is 35.3 Å². The number of nitrogens with two attached hydrogens (primary N) is 1. The molecule has 3 aromatic rings. The molecule has 0 radical (unpaired) electrons. The third kappa shape index (κ3) is 3.89. The first-order chi connectivity index (χ1) is 14.5. The fraction of sp³-hybridized carbons (Fsp3) is 0.273. The number of furan rings is 1. The van der Waals surface area contributed by atoms with Gasteiger partial charge in [0.25, 0.3) is 5.91 Å². The highest BCUT2D eigenvalue weighted by Crippen LogP contribution is 2.26. The van der Waals surface area contributed by atoms with Crippen LogP contribution in [0.25, 0.3) is 22.4 Å². The van der Waals surface area contributed by atoms with E-state index >= 15 is 0 Å². The van der Waals surface area contributed by atoms with Crippen molar-refractivity contribution in [1.29, 1.82) is 0 Å². The van der Waals surface area contributed by atoms with Gasteiger partial charge in [0.15, 0.2) is 12.4 Å². The first-order valence-electron chi connectivity index (χ1n) is 9.74. The van der Waals surface area contributed by atoms with Gasteiger partial charge in [-0.05, 0) is 43.5 Å². The van der Waals surface area contributed by atoms with E-state index in [0.717, 1.165) is 12.8 Å². The summed E-state index contributed by atoms with van der Waals surface area (Å²) in [6.07, 6.45) is 3.66. The number of para-hydroxylation sites is 1. The minimum Gasteiger partial charge on any atom is -0.463 e. The molecule has 0 aliphatic carbocycles. The number of piperidine rings is 1. The van der Waals surface area contributed by atoms with Crippen LogP contribution in [0.1, 0.15) is 29.6 Å². The largest absolute Gasteiger partial charge is 0.463 e. The number of fused-ring (bicyclic) bond motifs is 1. The number of carbonyl (C=O) groups is 3. The predicted octanol–water partition coefficient (Wildman–Crippen LogP) is 2.52. The van der Waals surface area contributed by atoms with Crippen LogP contribution in [0.2, 0.25) is 0 Å². The maximum absolute atomic E-state index is 12.8. The Balaban J connectivity index is 1.56. The number of amides is 2. The number of rotatable bonds is 5. The quantitative estimate of drug-likeness (QED) is 0.650. The molecule has 0 bridgehead atoms. The summed E-state index contributed by atoms with van der Waals surface area (Å²) in [5, 5.41) is 0.609. The minimum atomic E-state index is -0.655. The highest BCUT2D eigenvalue weighted by molar-refractivity contribution is 6.05. The van der Waals surface area contributed by atoms with Gasteiger partial charge >= 0.3 is 5.97 Å². The summed E-state index contributed by atoms with van der Waals surface area (Å²) >= 11 is 0. The summed E-state index contributed by atoms with van der Waals surface area (Å²) < 4.78 is 10.7. The molecule has 0 spiro atoms. The van der Waals surface area contributed by atoms with Gasteiger partial charge in [0.1, 0.15) is 11.7 Å². The third-order valence-electron chi connectivity index (χ3n) is 5.19. The van der Waals surface area contributed by atoms with Crippen LogP contribution >= 0.6 is 0 Å². The number of primary amides is 1. The van der Waals surface area contributed by atoms with Crippen molar-refractivity contribution < 1.29 is 23.5 Å². The zero-order valence-electron chi connectivity index (χ0n) is 16.2. The molecule has 30 heavy (non-hydrogen) atoms. The summed E-state index contributed by atoms with van der Waals surface area (Å²) in [5.74, 6) is -1.11. The van der Waals surface area contributed by atoms with Gasteiger partial charge in [0.2, 0.25) is 5.91 Å². The van der Waals surface area contributed by atoms with Crippen LogP contribution < -0.4 is 5.73 Å². The topological polar surface area (TPSA) is 116 Å². The number of ether oxygens (including phenoxy) is 1. The van der Waals surface area contributed by atoms with E-state index in [1.54, 1.807) is 36.4 Å². The molecule has 4 rings (SSSR count). The molecule has 1 aliphatic heterocycles. The number of nitrogens with zero attached hydrogens (tertiary/aromatic N) is 2. The standard InChI is InChI=1S/C22H21N3O5/c23-21(27)18-8-3-4-10-25(18)20(26)13-30-22(28)15-12-17(19-9-5-11-29-19)24-16-7-2-1-6-14(15)16/h1-2,5-7,9,11-12,18H,3-4,8,10,13H2,(H2,23,27)/t18-/m0/s1. The lowest BCUT2D eigenvalue weighted by Gasteiger charge is -2.33. The zero-order chi connectivity index (χ0) is 21.1. The van der Waals surface area contributed by atoms with Crippen LogP contribution in [0, 0.1) is 0 Å². The molecule has 1 saturated heterocycles. The molecule has 2 aromatic heterocycles. The number of aromatic nitrogens is 1. The number of esters is 1. The normalized spacial score (nSPS) is 16.4. The van der Waals surface area contributed by atoms with Crippen LogP contribution in [-0.4, -0.2) is 46.9 Å². The highest BCUT2D eigenvalue weighted by Gasteiger charge is 2.31. The van der Waals surface area contributed by atoms with Crippen molar-refractivity contribution in [2.75, 3.05) is 13.2 Å². The number of benzene rings is 1. The summed E-state index contributed by atoms with van der Waals surface area (Å²) in [7, 11) is 0. The Hall–Kier alpha value is -3.68. The van der Waals surface area contributed by atoms with Crippen molar-refractivity contribution >= 4 is 28.7 Å². The maximum Gasteiger partial charge on any atom is 0.339 e. The molecule has 8 nitrogen and oxygen atoms in total. The van der Waals surface area contributed by atoms with E-state index < -0.39 is 30.4 Å². The monoisotopic (exact) mass is 407 g/mol. The zero-order valence-corrected chi connectivity index (χ0v) is 16.2. The summed E-state index contributed by atoms with van der Waals surface area (Å²) in [4.78, 5) is 43.0. The first kappa shape index (κ1) is 19.6. The summed E-state index contributed by atoms with van der Waals surface area (Å²) in [5.41, 5.74) is 6.79. The Morgan fingerprint density at radius 3 is 2.77 bits per heavy atom. The first-order valence-corrected chi connectivity index (χ1v) is 9.74. The van der Waals surface area contributed by atoms with E-state index in [9.17, 15) is 14.4 Å². The second-order valence-corrected chi connectivity index (χ2v) is 7.13. The average Bonchev–Trinajstić information content (AvgIpc) is 3.31. The lowest BCUT2D eigenvalue weighted by atomic mass is 10.0. The number of likely N-dealkylation sites (tertiary alicyclic amines) is 1. The maximum atomic E-state index is 12.8. The van der Waals surface area contributed by atoms with Gasteiger partial charge in [-0.15, -0.1) is 0 Å². The molecule has 0 saturated carbocycles. The Kier molecular flexibility index (Phi) is 5.47. The number of pyridine rings is 1. The van der Waals surface area contributed by atoms with E-state index in [4.69, 9.17) is 14.9 Å². The Labute approximate surface area is 172 Å². The van der Waals surface area contributed by atoms with Gasteiger partial charge in [-0.1, -0.05) is 18.2 Å². The molecule has 1 atom stereocenters. The summed E-state index contributed by atoms with van der Waals surface area (Å²) in [6, 6.07) is 11.6. The van der Waals surface area contributed by atoms with Gasteiger partial charge in [0, 0.05) is 11.9 Å². The van der Waals surface area contributed by atoms with E-state index in [1.807, 2.05) is 6.07 Å². The van der Waals surface area contributed by atoms with Crippen molar-refractivity contribution in [2.45, 2.75) is 25.3 Å². The third-order valence-corrected chi connectivity index (χ3v) is 5.19. The smallest absolute Gasteiger partial charge is 0.339 e. The molecule has 3 heterocycles. The fourth-order valence-electron chi connectivity index (χ4n) is 3.71. The van der Waals surface area contributed by atoms with E-state index in [2.05, 4.69) is 4.98 Å². The fourth-order valence-corrected chi connectivity index (χ4v) is 3.71. The summed E-state index contributed by atoms with van der Waals surface area (Å²) in [6.45, 7) is -0.0415. The van der Waals surface area contributed by atoms with E-state index in [1.165, 1.54) is 11.2 Å². The molecular formula is C22H21N3O5. The van der Waals surface area contributed by atoms with Crippen molar-refractivity contribution in [1.82, 2.24) is 9.88 Å². The minimum absolute atomic E-state index is 0.282. The van der Waals surface area contributed by atoms with Crippen LogP contribution in [-0.2, 0) is 14.3 Å². The second-order valence-electron chi connectivity index (χ2n) is 7.13. The Bertz CT molecular complexity index is 1090. The molecule has 2 amide bonds. The lowest BCUT2D eigenvalue weighted by molar-refractivity contribution is -0.143. The molecule has 154 valence electrons. The molecule has 1 aromatic carbocycles. The molecule has 1 aliphatic rings. The van der Waals surface area contributed by atoms with Crippen LogP contribution in [0.5, 0.6) is 0 Å². The van der Waals surface area contributed by atoms with Gasteiger partial charge in [-0.3, -0.25) is 9.59 Å². The van der Waals surface area contributed by atoms with Crippen molar-refractivity contribution in [3.8, 4) is 11.5 Å². The average molecular weight is 407 g/mol. The van der Waals surface area contributed by atoms with Crippen molar-refractivity contribution in [3.05, 3.63) is 54.3 Å². The van der Waals surface area contributed by atoms with Crippen LogP contribution in [0.3, 0.4) is 0 Å². The Morgan fingerprint density at radius 1 is 1.17 bits per heavy atom. The molecule has 1 fully saturated rings. The predicted molar refractivity (Wildman–Crippen MR) is 108 cm³/mol. The van der Waals surface area contributed by atoms with Crippen molar-refractivity contribution in [3.63, 3.8) is 0 Å². The van der Waals surface area contributed by atoms with E-state index in [-0.39, 0.29) is 5.56 Å². The highest BCUT2D eigenvalue weighted by atomic mass is 16.5. The van der Waals surface area contributed by atoms with Gasteiger partial charge in [-0.2, -0.15) is 0 Å². The number of carbonyl (C=O) groups excluding carboxylic acids is 3. The van der Waals surface area contributed by atoms with Crippen molar-refractivity contribution in [2.24, 2.45) is 5.73 Å².